The molecule has 5 heteroatoms. The summed E-state index contributed by atoms with van der Waals surface area (Å²) in [5.74, 6) is 0.347. The summed E-state index contributed by atoms with van der Waals surface area (Å²) in [6.07, 6.45) is 1.67. The van der Waals surface area contributed by atoms with Crippen molar-refractivity contribution >= 4 is 5.97 Å². The van der Waals surface area contributed by atoms with Gasteiger partial charge in [-0.15, -0.1) is 0 Å². The Morgan fingerprint density at radius 3 is 2.52 bits per heavy atom. The fraction of sp³-hybridized carbons (Fsp3) is 0.375. The van der Waals surface area contributed by atoms with Crippen LogP contribution in [-0.4, -0.2) is 33.0 Å². The number of hydrogen-bond donors (Lipinski definition) is 1. The van der Waals surface area contributed by atoms with Crippen LogP contribution in [0.25, 0.3) is 11.3 Å². The van der Waals surface area contributed by atoms with E-state index in [0.29, 0.717) is 18.2 Å². The number of aliphatic carboxylic acids is 1. The number of hydrogen-bond acceptors (Lipinski definition) is 4. The average molecular weight is 288 g/mol. The van der Waals surface area contributed by atoms with Crippen molar-refractivity contribution in [3.8, 4) is 11.3 Å². The predicted octanol–water partition coefficient (Wildman–Crippen LogP) is 3.03. The molecule has 0 bridgehead atoms. The van der Waals surface area contributed by atoms with Crippen LogP contribution in [0.2, 0.25) is 0 Å². The molecule has 112 valence electrons. The SMILES string of the molecule is CC(C)(C)N(CC(=O)O)Cc1ncc(-c2ccccc2)o1. The van der Waals surface area contributed by atoms with Crippen LogP contribution in [-0.2, 0) is 11.3 Å². The van der Waals surface area contributed by atoms with Crippen molar-refractivity contribution in [3.05, 3.63) is 42.4 Å². The monoisotopic (exact) mass is 288 g/mol. The molecule has 1 aromatic carbocycles. The van der Waals surface area contributed by atoms with Crippen LogP contribution < -0.4 is 0 Å². The summed E-state index contributed by atoms with van der Waals surface area (Å²) in [4.78, 5) is 17.0. The second-order valence-corrected chi connectivity index (χ2v) is 5.90. The second-order valence-electron chi connectivity index (χ2n) is 5.90. The third-order valence-electron chi connectivity index (χ3n) is 3.21. The van der Waals surface area contributed by atoms with Crippen LogP contribution in [0.5, 0.6) is 0 Å². The first kappa shape index (κ1) is 15.3. The lowest BCUT2D eigenvalue weighted by molar-refractivity contribution is -0.140. The van der Waals surface area contributed by atoms with Crippen molar-refractivity contribution in [3.63, 3.8) is 0 Å². The molecule has 5 nitrogen and oxygen atoms in total. The van der Waals surface area contributed by atoms with E-state index in [-0.39, 0.29) is 12.1 Å². The standard InChI is InChI=1S/C16H20N2O3/c1-16(2,3)18(11-15(19)20)10-14-17-9-13(21-14)12-7-5-4-6-8-12/h4-9H,10-11H2,1-3H3,(H,19,20). The van der Waals surface area contributed by atoms with Crippen molar-refractivity contribution in [1.82, 2.24) is 9.88 Å². The number of rotatable bonds is 5. The summed E-state index contributed by atoms with van der Waals surface area (Å²) in [6, 6.07) is 9.70. The summed E-state index contributed by atoms with van der Waals surface area (Å²) >= 11 is 0. The van der Waals surface area contributed by atoms with E-state index in [1.165, 1.54) is 0 Å². The minimum atomic E-state index is -0.861. The molecule has 0 aliphatic heterocycles. The number of carbonyl (C=O) groups is 1. The number of carboxylic acids is 1. The molecule has 0 unspecified atom stereocenters. The number of aromatic nitrogens is 1. The number of nitrogens with zero attached hydrogens (tertiary/aromatic N) is 2. The molecule has 0 amide bonds. The van der Waals surface area contributed by atoms with Crippen molar-refractivity contribution in [2.24, 2.45) is 0 Å². The highest BCUT2D eigenvalue weighted by Gasteiger charge is 2.25. The summed E-state index contributed by atoms with van der Waals surface area (Å²) < 4.78 is 5.73. The maximum atomic E-state index is 11.0. The molecule has 0 fully saturated rings. The molecule has 0 aliphatic rings. The van der Waals surface area contributed by atoms with Crippen molar-refractivity contribution < 1.29 is 14.3 Å². The van der Waals surface area contributed by atoms with Gasteiger partial charge in [0.25, 0.3) is 0 Å². The Morgan fingerprint density at radius 2 is 1.95 bits per heavy atom. The van der Waals surface area contributed by atoms with E-state index >= 15 is 0 Å². The highest BCUT2D eigenvalue weighted by molar-refractivity contribution is 5.69. The van der Waals surface area contributed by atoms with Gasteiger partial charge in [-0.2, -0.15) is 0 Å². The maximum Gasteiger partial charge on any atom is 0.317 e. The molecule has 0 aliphatic carbocycles. The van der Waals surface area contributed by atoms with E-state index in [2.05, 4.69) is 4.98 Å². The average Bonchev–Trinajstić information content (AvgIpc) is 2.86. The first-order valence-corrected chi connectivity index (χ1v) is 6.83. The Labute approximate surface area is 124 Å². The van der Waals surface area contributed by atoms with Crippen LogP contribution in [0.1, 0.15) is 26.7 Å². The lowest BCUT2D eigenvalue weighted by atomic mass is 10.1. The van der Waals surface area contributed by atoms with Crippen LogP contribution >= 0.6 is 0 Å². The Balaban J connectivity index is 2.15. The molecule has 1 N–H and O–H groups in total. The quantitative estimate of drug-likeness (QED) is 0.916. The van der Waals surface area contributed by atoms with E-state index in [0.717, 1.165) is 5.56 Å². The molecule has 0 radical (unpaired) electrons. The van der Waals surface area contributed by atoms with E-state index in [4.69, 9.17) is 9.52 Å². The first-order valence-electron chi connectivity index (χ1n) is 6.83. The van der Waals surface area contributed by atoms with E-state index in [9.17, 15) is 4.79 Å². The van der Waals surface area contributed by atoms with Crippen molar-refractivity contribution in [2.75, 3.05) is 6.54 Å². The summed E-state index contributed by atoms with van der Waals surface area (Å²) in [5.41, 5.74) is 0.677. The van der Waals surface area contributed by atoms with Gasteiger partial charge in [-0.1, -0.05) is 30.3 Å². The van der Waals surface area contributed by atoms with Crippen LogP contribution in [0.4, 0.5) is 0 Å². The molecule has 2 rings (SSSR count). The van der Waals surface area contributed by atoms with Gasteiger partial charge in [0.15, 0.2) is 5.76 Å². The third kappa shape index (κ3) is 4.16. The highest BCUT2D eigenvalue weighted by atomic mass is 16.4. The largest absolute Gasteiger partial charge is 0.480 e. The summed E-state index contributed by atoms with van der Waals surface area (Å²) in [7, 11) is 0. The third-order valence-corrected chi connectivity index (χ3v) is 3.21. The van der Waals surface area contributed by atoms with Gasteiger partial charge in [-0.3, -0.25) is 9.69 Å². The van der Waals surface area contributed by atoms with Gasteiger partial charge in [0.2, 0.25) is 5.89 Å². The molecule has 2 aromatic rings. The molecule has 0 saturated heterocycles. The second kappa shape index (κ2) is 6.10. The molecular formula is C16H20N2O3. The Kier molecular flexibility index (Phi) is 4.43. The van der Waals surface area contributed by atoms with Gasteiger partial charge in [-0.25, -0.2) is 4.98 Å². The number of carboxylic acid groups (broad SMARTS) is 1. The lowest BCUT2D eigenvalue weighted by Crippen LogP contribution is -2.43. The van der Waals surface area contributed by atoms with E-state index in [1.807, 2.05) is 56.0 Å². The van der Waals surface area contributed by atoms with Crippen LogP contribution in [0, 0.1) is 0 Å². The zero-order chi connectivity index (χ0) is 15.5. The summed E-state index contributed by atoms with van der Waals surface area (Å²) in [5, 5.41) is 9.02. The predicted molar refractivity (Wildman–Crippen MR) is 79.7 cm³/mol. The summed E-state index contributed by atoms with van der Waals surface area (Å²) in [6.45, 7) is 6.22. The van der Waals surface area contributed by atoms with Crippen LogP contribution in [0.3, 0.4) is 0 Å². The Morgan fingerprint density at radius 1 is 1.29 bits per heavy atom. The van der Waals surface area contributed by atoms with Gasteiger partial charge < -0.3 is 9.52 Å². The zero-order valence-corrected chi connectivity index (χ0v) is 12.5. The maximum absolute atomic E-state index is 11.0. The normalized spacial score (nSPS) is 11.8. The molecule has 1 heterocycles. The Bertz CT molecular complexity index is 599. The van der Waals surface area contributed by atoms with Gasteiger partial charge in [0, 0.05) is 11.1 Å². The Hall–Kier alpha value is -2.14. The zero-order valence-electron chi connectivity index (χ0n) is 12.5. The van der Waals surface area contributed by atoms with E-state index < -0.39 is 5.97 Å². The van der Waals surface area contributed by atoms with Gasteiger partial charge >= 0.3 is 5.97 Å². The smallest absolute Gasteiger partial charge is 0.317 e. The molecule has 21 heavy (non-hydrogen) atoms. The fourth-order valence-electron chi connectivity index (χ4n) is 1.98. The highest BCUT2D eigenvalue weighted by Crippen LogP contribution is 2.22. The van der Waals surface area contributed by atoms with E-state index in [1.54, 1.807) is 6.20 Å². The topological polar surface area (TPSA) is 66.6 Å². The lowest BCUT2D eigenvalue weighted by Gasteiger charge is -2.33. The molecule has 1 aromatic heterocycles. The minimum Gasteiger partial charge on any atom is -0.480 e. The molecular weight excluding hydrogens is 268 g/mol. The van der Waals surface area contributed by atoms with Gasteiger partial charge in [0.05, 0.1) is 19.3 Å². The number of benzene rings is 1. The number of oxazole rings is 1. The minimum absolute atomic E-state index is 0.0491. The molecule has 0 atom stereocenters. The molecule has 0 saturated carbocycles. The molecule has 0 spiro atoms. The van der Waals surface area contributed by atoms with Crippen molar-refractivity contribution in [1.29, 1.82) is 0 Å². The fourth-order valence-corrected chi connectivity index (χ4v) is 1.98. The van der Waals surface area contributed by atoms with Crippen molar-refractivity contribution in [2.45, 2.75) is 32.9 Å². The van der Waals surface area contributed by atoms with Gasteiger partial charge in [-0.05, 0) is 20.8 Å². The van der Waals surface area contributed by atoms with Crippen LogP contribution in [0.15, 0.2) is 40.9 Å². The van der Waals surface area contributed by atoms with Gasteiger partial charge in [0.1, 0.15) is 0 Å². The first-order chi connectivity index (χ1) is 9.86.